The maximum absolute atomic E-state index is 11.8. The summed E-state index contributed by atoms with van der Waals surface area (Å²) in [4.78, 5) is 17.9. The fraction of sp³-hybridized carbons (Fsp3) is 0.882. The average molecular weight is 450 g/mol. The lowest BCUT2D eigenvalue weighted by Gasteiger charge is -2.63. The molecule has 3 aliphatic rings. The second kappa shape index (κ2) is 8.21. The van der Waals surface area contributed by atoms with E-state index in [0.717, 1.165) is 32.0 Å². The van der Waals surface area contributed by atoms with Crippen LogP contribution in [-0.2, 0) is 9.53 Å². The van der Waals surface area contributed by atoms with Gasteiger partial charge in [0.15, 0.2) is 5.96 Å². The first kappa shape index (κ1) is 19.8. The molecule has 6 nitrogen and oxygen atoms in total. The molecule has 1 heterocycles. The highest BCUT2D eigenvalue weighted by Crippen LogP contribution is 2.62. The maximum atomic E-state index is 11.8. The van der Waals surface area contributed by atoms with Gasteiger partial charge in [0.25, 0.3) is 0 Å². The van der Waals surface area contributed by atoms with Crippen LogP contribution < -0.4 is 10.6 Å². The molecule has 3 atom stereocenters. The van der Waals surface area contributed by atoms with Crippen LogP contribution in [0.2, 0.25) is 0 Å². The van der Waals surface area contributed by atoms with Crippen LogP contribution in [0.15, 0.2) is 4.99 Å². The molecule has 3 rings (SSSR count). The molecule has 138 valence electrons. The van der Waals surface area contributed by atoms with Crippen molar-refractivity contribution in [2.24, 2.45) is 16.3 Å². The zero-order valence-electron chi connectivity index (χ0n) is 15.0. The van der Waals surface area contributed by atoms with E-state index in [9.17, 15) is 4.79 Å². The molecule has 0 radical (unpaired) electrons. The largest absolute Gasteiger partial charge is 0.377 e. The monoisotopic (exact) mass is 450 g/mol. The van der Waals surface area contributed by atoms with E-state index in [4.69, 9.17) is 4.74 Å². The Balaban J connectivity index is 0.00000208. The summed E-state index contributed by atoms with van der Waals surface area (Å²) in [5, 5.41) is 6.99. The molecule has 1 saturated heterocycles. The lowest BCUT2D eigenvalue weighted by molar-refractivity contribution is -0.171. The van der Waals surface area contributed by atoms with Crippen LogP contribution in [0.3, 0.4) is 0 Å². The van der Waals surface area contributed by atoms with Crippen molar-refractivity contribution in [2.75, 3.05) is 33.8 Å². The van der Waals surface area contributed by atoms with Crippen molar-refractivity contribution in [3.05, 3.63) is 0 Å². The molecule has 2 saturated carbocycles. The molecule has 2 N–H and O–H groups in total. The molecule has 1 spiro atoms. The van der Waals surface area contributed by atoms with E-state index in [0.29, 0.717) is 23.5 Å². The molecule has 0 aromatic heterocycles. The molecule has 3 unspecified atom stereocenters. The molecule has 1 aliphatic heterocycles. The third kappa shape index (κ3) is 3.52. The Bertz CT molecular complexity index is 479. The Hall–Kier alpha value is -0.570. The van der Waals surface area contributed by atoms with Crippen molar-refractivity contribution in [3.63, 3.8) is 0 Å². The van der Waals surface area contributed by atoms with Crippen LogP contribution in [0.4, 0.5) is 0 Å². The molecule has 7 heteroatoms. The van der Waals surface area contributed by atoms with Crippen LogP contribution in [0.25, 0.3) is 0 Å². The van der Waals surface area contributed by atoms with Gasteiger partial charge in [-0.2, -0.15) is 0 Å². The lowest BCUT2D eigenvalue weighted by atomic mass is 9.46. The third-order valence-corrected chi connectivity index (χ3v) is 5.74. The van der Waals surface area contributed by atoms with E-state index in [-0.39, 0.29) is 36.4 Å². The average Bonchev–Trinajstić information content (AvgIpc) is 2.89. The number of carbonyl (C=O) groups excluding carboxylic acids is 1. The predicted molar refractivity (Wildman–Crippen MR) is 106 cm³/mol. The van der Waals surface area contributed by atoms with Gasteiger partial charge in [-0.15, -0.1) is 24.0 Å². The number of amides is 1. The predicted octanol–water partition coefficient (Wildman–Crippen LogP) is 1.60. The summed E-state index contributed by atoms with van der Waals surface area (Å²) >= 11 is 0. The van der Waals surface area contributed by atoms with Gasteiger partial charge in [0, 0.05) is 44.6 Å². The summed E-state index contributed by atoms with van der Waals surface area (Å²) in [7, 11) is 3.53. The summed E-state index contributed by atoms with van der Waals surface area (Å²) in [5.41, 5.74) is 0.321. The first-order valence-corrected chi connectivity index (χ1v) is 8.95. The van der Waals surface area contributed by atoms with E-state index >= 15 is 0 Å². The van der Waals surface area contributed by atoms with Gasteiger partial charge in [-0.25, -0.2) is 4.99 Å². The van der Waals surface area contributed by atoms with Crippen LogP contribution in [0.1, 0.15) is 39.0 Å². The Morgan fingerprint density at radius 1 is 1.38 bits per heavy atom. The van der Waals surface area contributed by atoms with E-state index in [1.807, 2.05) is 0 Å². The molecule has 1 amide bonds. The Kier molecular flexibility index (Phi) is 6.75. The summed E-state index contributed by atoms with van der Waals surface area (Å²) in [5.74, 6) is 1.41. The standard InChI is InChI=1S/C17H30N4O2.HI/c1-4-9-18-16(19-11-13(22)21(2)3)20-14-12-6-10-23-15(12)17(14)7-5-8-17;/h12,14-15H,4-11H2,1-3H3,(H2,18,19,20);1H. The number of rotatable bonds is 5. The van der Waals surface area contributed by atoms with Crippen molar-refractivity contribution in [2.45, 2.75) is 51.2 Å². The summed E-state index contributed by atoms with van der Waals surface area (Å²) < 4.78 is 5.97. The number of halogens is 1. The van der Waals surface area contributed by atoms with Crippen molar-refractivity contribution < 1.29 is 9.53 Å². The minimum Gasteiger partial charge on any atom is -0.377 e. The number of nitrogens with zero attached hydrogens (tertiary/aromatic N) is 2. The van der Waals surface area contributed by atoms with E-state index in [1.165, 1.54) is 19.3 Å². The highest BCUT2D eigenvalue weighted by atomic mass is 127. The molecule has 3 fully saturated rings. The number of likely N-dealkylation sites (N-methyl/N-ethyl adjacent to an activating group) is 1. The van der Waals surface area contributed by atoms with Crippen LogP contribution in [0, 0.1) is 11.3 Å². The summed E-state index contributed by atoms with van der Waals surface area (Å²) in [6.45, 7) is 4.08. The number of fused-ring (bicyclic) bond motifs is 2. The van der Waals surface area contributed by atoms with Gasteiger partial charge in [0.1, 0.15) is 6.54 Å². The minimum atomic E-state index is 0. The summed E-state index contributed by atoms with van der Waals surface area (Å²) in [6.07, 6.45) is 6.44. The highest BCUT2D eigenvalue weighted by Gasteiger charge is 2.66. The second-order valence-electron chi connectivity index (χ2n) is 7.33. The van der Waals surface area contributed by atoms with Gasteiger partial charge in [-0.05, 0) is 25.7 Å². The molecule has 0 aromatic carbocycles. The van der Waals surface area contributed by atoms with E-state index < -0.39 is 0 Å². The van der Waals surface area contributed by atoms with Crippen molar-refractivity contribution in [3.8, 4) is 0 Å². The Morgan fingerprint density at radius 2 is 2.12 bits per heavy atom. The number of carbonyl (C=O) groups is 1. The van der Waals surface area contributed by atoms with Gasteiger partial charge >= 0.3 is 0 Å². The van der Waals surface area contributed by atoms with Crippen molar-refractivity contribution in [1.82, 2.24) is 15.5 Å². The van der Waals surface area contributed by atoms with Gasteiger partial charge in [0.2, 0.25) is 5.91 Å². The first-order chi connectivity index (χ1) is 11.1. The molecule has 0 aromatic rings. The number of ether oxygens (including phenoxy) is 1. The minimum absolute atomic E-state index is 0. The van der Waals surface area contributed by atoms with Gasteiger partial charge in [-0.1, -0.05) is 13.3 Å². The number of hydrogen-bond acceptors (Lipinski definition) is 3. The number of aliphatic imine (C=N–C) groups is 1. The fourth-order valence-electron chi connectivity index (χ4n) is 4.29. The number of nitrogens with one attached hydrogen (secondary N) is 2. The normalized spacial score (nSPS) is 29.8. The number of hydrogen-bond donors (Lipinski definition) is 2. The summed E-state index contributed by atoms with van der Waals surface area (Å²) in [6, 6.07) is 0.446. The third-order valence-electron chi connectivity index (χ3n) is 5.74. The van der Waals surface area contributed by atoms with Crippen molar-refractivity contribution >= 4 is 35.8 Å². The zero-order chi connectivity index (χ0) is 16.4. The van der Waals surface area contributed by atoms with Crippen molar-refractivity contribution in [1.29, 1.82) is 0 Å². The molecule has 2 aliphatic carbocycles. The fourth-order valence-corrected chi connectivity index (χ4v) is 4.29. The SMILES string of the molecule is CCCNC(=NCC(=O)N(C)C)NC1C2CCOC2C12CCC2.I. The van der Waals surface area contributed by atoms with E-state index in [1.54, 1.807) is 19.0 Å². The van der Waals surface area contributed by atoms with Crippen LogP contribution in [-0.4, -0.2) is 62.7 Å². The molecule has 0 bridgehead atoms. The van der Waals surface area contributed by atoms with Crippen LogP contribution >= 0.6 is 24.0 Å². The highest BCUT2D eigenvalue weighted by molar-refractivity contribution is 14.0. The van der Waals surface area contributed by atoms with Crippen LogP contribution in [0.5, 0.6) is 0 Å². The van der Waals surface area contributed by atoms with Gasteiger partial charge in [0.05, 0.1) is 6.10 Å². The van der Waals surface area contributed by atoms with E-state index in [2.05, 4.69) is 22.5 Å². The molecular formula is C17H31IN4O2. The molecular weight excluding hydrogens is 419 g/mol. The Labute approximate surface area is 162 Å². The number of guanidine groups is 1. The first-order valence-electron chi connectivity index (χ1n) is 8.95. The smallest absolute Gasteiger partial charge is 0.243 e. The maximum Gasteiger partial charge on any atom is 0.243 e. The Morgan fingerprint density at radius 3 is 2.71 bits per heavy atom. The second-order valence-corrected chi connectivity index (χ2v) is 7.33. The topological polar surface area (TPSA) is 66.0 Å². The van der Waals surface area contributed by atoms with Gasteiger partial charge in [-0.3, -0.25) is 4.79 Å². The zero-order valence-corrected chi connectivity index (χ0v) is 17.3. The quantitative estimate of drug-likeness (QED) is 0.380. The van der Waals surface area contributed by atoms with Gasteiger partial charge < -0.3 is 20.3 Å². The lowest BCUT2D eigenvalue weighted by Crippen LogP contribution is -2.72. The molecule has 24 heavy (non-hydrogen) atoms.